The molecule has 4 N–H and O–H groups in total. The Kier molecular flexibility index (Phi) is 5.32. The molecule has 0 fully saturated rings. The summed E-state index contributed by atoms with van der Waals surface area (Å²) in [7, 11) is 0. The molecule has 0 aliphatic heterocycles. The van der Waals surface area contributed by atoms with E-state index in [-0.39, 0.29) is 23.8 Å². The largest absolute Gasteiger partial charge is 0.508 e. The number of carbonyl (C=O) groups is 1. The minimum Gasteiger partial charge on any atom is -0.508 e. The zero-order valence-electron chi connectivity index (χ0n) is 12.0. The number of ether oxygens (including phenoxy) is 1. The number of phenols is 2. The molecule has 2 rings (SSSR count). The van der Waals surface area contributed by atoms with Gasteiger partial charge >= 0.3 is 0 Å². The van der Waals surface area contributed by atoms with Gasteiger partial charge in [-0.1, -0.05) is 18.2 Å². The molecule has 0 saturated heterocycles. The molecule has 23 heavy (non-hydrogen) atoms. The smallest absolute Gasteiger partial charge is 0.276 e. The molecule has 0 aliphatic rings. The molecule has 0 saturated carbocycles. The first-order valence-corrected chi connectivity index (χ1v) is 6.98. The molecule has 0 spiro atoms. The highest BCUT2D eigenvalue weighted by Gasteiger charge is 2.08. The van der Waals surface area contributed by atoms with Crippen molar-refractivity contribution in [3.63, 3.8) is 0 Å². The first-order chi connectivity index (χ1) is 11.0. The van der Waals surface area contributed by atoms with Crippen LogP contribution in [0, 0.1) is 0 Å². The van der Waals surface area contributed by atoms with Crippen LogP contribution in [0.3, 0.4) is 0 Å². The van der Waals surface area contributed by atoms with Crippen LogP contribution in [0.5, 0.6) is 17.2 Å². The third-order valence-electron chi connectivity index (χ3n) is 2.84. The molecule has 0 radical (unpaired) electrons. The molecule has 0 aliphatic carbocycles. The number of hydrazine groups is 1. The van der Waals surface area contributed by atoms with E-state index in [4.69, 9.17) is 16.3 Å². The van der Waals surface area contributed by atoms with Crippen LogP contribution < -0.4 is 15.6 Å². The topological polar surface area (TPSA) is 90.8 Å². The quantitative estimate of drug-likeness (QED) is 0.609. The Balaban J connectivity index is 1.81. The molecule has 2 aromatic rings. The maximum Gasteiger partial charge on any atom is 0.276 e. The lowest BCUT2D eigenvalue weighted by Gasteiger charge is -2.13. The van der Waals surface area contributed by atoms with E-state index in [1.807, 2.05) is 0 Å². The fraction of sp³-hybridized carbons (Fsp3) is 0.0625. The van der Waals surface area contributed by atoms with E-state index in [0.29, 0.717) is 16.3 Å². The number of phenolic OH excluding ortho intramolecular Hbond substituents is 2. The molecule has 0 unspecified atom stereocenters. The van der Waals surface area contributed by atoms with Gasteiger partial charge in [-0.15, -0.1) is 0 Å². The van der Waals surface area contributed by atoms with Crippen LogP contribution in [0.4, 0.5) is 0 Å². The predicted molar refractivity (Wildman–Crippen MR) is 87.0 cm³/mol. The van der Waals surface area contributed by atoms with E-state index in [1.165, 1.54) is 18.2 Å². The van der Waals surface area contributed by atoms with E-state index in [2.05, 4.69) is 17.4 Å². The van der Waals surface area contributed by atoms with Gasteiger partial charge in [0.2, 0.25) is 0 Å². The molecule has 0 bridgehead atoms. The number of halogens is 1. The third kappa shape index (κ3) is 4.82. The van der Waals surface area contributed by atoms with Crippen molar-refractivity contribution in [1.82, 2.24) is 10.9 Å². The number of benzene rings is 2. The molecule has 120 valence electrons. The first kappa shape index (κ1) is 16.5. The van der Waals surface area contributed by atoms with Crippen molar-refractivity contribution < 1.29 is 19.7 Å². The van der Waals surface area contributed by atoms with Gasteiger partial charge < -0.3 is 14.9 Å². The Morgan fingerprint density at radius 1 is 1.13 bits per heavy atom. The summed E-state index contributed by atoms with van der Waals surface area (Å²) in [5.41, 5.74) is 5.57. The summed E-state index contributed by atoms with van der Waals surface area (Å²) < 4.78 is 5.28. The zero-order chi connectivity index (χ0) is 16.8. The maximum absolute atomic E-state index is 11.7. The highest BCUT2D eigenvalue weighted by molar-refractivity contribution is 6.30. The average Bonchev–Trinajstić information content (AvgIpc) is 2.52. The molecule has 0 atom stereocenters. The second-order valence-corrected chi connectivity index (χ2v) is 5.03. The number of hydrogen-bond acceptors (Lipinski definition) is 5. The molecule has 6 nitrogen and oxygen atoms in total. The molecule has 2 aromatic carbocycles. The highest BCUT2D eigenvalue weighted by atomic mass is 35.5. The molecular formula is C16H15ClN2O4. The van der Waals surface area contributed by atoms with Gasteiger partial charge in [-0.25, -0.2) is 0 Å². The van der Waals surface area contributed by atoms with Crippen molar-refractivity contribution >= 4 is 23.2 Å². The normalized spacial score (nSPS) is 9.96. The summed E-state index contributed by atoms with van der Waals surface area (Å²) in [5, 5.41) is 19.5. The van der Waals surface area contributed by atoms with Crippen LogP contribution in [0.1, 0.15) is 5.56 Å². The minimum atomic E-state index is -0.431. The van der Waals surface area contributed by atoms with Crippen molar-refractivity contribution in [2.45, 2.75) is 0 Å². The van der Waals surface area contributed by atoms with Gasteiger partial charge in [-0.05, 0) is 36.4 Å². The second kappa shape index (κ2) is 7.42. The van der Waals surface area contributed by atoms with Gasteiger partial charge in [-0.3, -0.25) is 15.6 Å². The van der Waals surface area contributed by atoms with Crippen molar-refractivity contribution in [3.8, 4) is 17.2 Å². The SMILES string of the molecule is C=C(NNC(=O)COc1ccc(Cl)cc1)c1ccc(O)cc1O. The third-order valence-corrected chi connectivity index (χ3v) is 3.09. The molecule has 1 amide bonds. The van der Waals surface area contributed by atoms with Gasteiger partial charge in [-0.2, -0.15) is 0 Å². The van der Waals surface area contributed by atoms with Gasteiger partial charge in [0, 0.05) is 16.7 Å². The van der Waals surface area contributed by atoms with Crippen LogP contribution >= 0.6 is 11.6 Å². The van der Waals surface area contributed by atoms with E-state index < -0.39 is 5.91 Å². The summed E-state index contributed by atoms with van der Waals surface area (Å²) in [4.78, 5) is 11.7. The Labute approximate surface area is 137 Å². The number of rotatable bonds is 6. The summed E-state index contributed by atoms with van der Waals surface area (Å²) >= 11 is 5.75. The lowest BCUT2D eigenvalue weighted by atomic mass is 10.1. The van der Waals surface area contributed by atoms with E-state index in [0.717, 1.165) is 0 Å². The molecule has 0 heterocycles. The van der Waals surface area contributed by atoms with Crippen molar-refractivity contribution in [2.24, 2.45) is 0 Å². The summed E-state index contributed by atoms with van der Waals surface area (Å²) in [6.07, 6.45) is 0. The van der Waals surface area contributed by atoms with Crippen LogP contribution in [0.2, 0.25) is 5.02 Å². The Bertz CT molecular complexity index is 717. The maximum atomic E-state index is 11.7. The summed E-state index contributed by atoms with van der Waals surface area (Å²) in [6.45, 7) is 3.49. The van der Waals surface area contributed by atoms with Crippen LogP contribution in [0.15, 0.2) is 49.0 Å². The second-order valence-electron chi connectivity index (χ2n) is 4.60. The minimum absolute atomic E-state index is 0.0700. The summed E-state index contributed by atoms with van der Waals surface area (Å²) in [5.74, 6) is -0.146. The Hall–Kier alpha value is -2.86. The van der Waals surface area contributed by atoms with Gasteiger partial charge in [0.15, 0.2) is 6.61 Å². The van der Waals surface area contributed by atoms with Gasteiger partial charge in [0.1, 0.15) is 17.2 Å². The van der Waals surface area contributed by atoms with E-state index in [9.17, 15) is 15.0 Å². The fourth-order valence-corrected chi connectivity index (χ4v) is 1.83. The number of aromatic hydroxyl groups is 2. The van der Waals surface area contributed by atoms with Crippen molar-refractivity contribution in [2.75, 3.05) is 6.61 Å². The lowest BCUT2D eigenvalue weighted by Crippen LogP contribution is -2.38. The van der Waals surface area contributed by atoms with Crippen molar-refractivity contribution in [3.05, 3.63) is 59.6 Å². The fourth-order valence-electron chi connectivity index (χ4n) is 1.70. The lowest BCUT2D eigenvalue weighted by molar-refractivity contribution is -0.123. The van der Waals surface area contributed by atoms with Crippen LogP contribution in [-0.4, -0.2) is 22.7 Å². The van der Waals surface area contributed by atoms with E-state index >= 15 is 0 Å². The van der Waals surface area contributed by atoms with Crippen LogP contribution in [0.25, 0.3) is 5.70 Å². The van der Waals surface area contributed by atoms with Gasteiger partial charge in [0.25, 0.3) is 5.91 Å². The highest BCUT2D eigenvalue weighted by Crippen LogP contribution is 2.26. The van der Waals surface area contributed by atoms with Gasteiger partial charge in [0.05, 0.1) is 5.70 Å². The molecule has 0 aromatic heterocycles. The van der Waals surface area contributed by atoms with Crippen molar-refractivity contribution in [1.29, 1.82) is 0 Å². The Morgan fingerprint density at radius 3 is 2.48 bits per heavy atom. The average molecular weight is 335 g/mol. The number of carbonyl (C=O) groups excluding carboxylic acids is 1. The first-order valence-electron chi connectivity index (χ1n) is 6.60. The zero-order valence-corrected chi connectivity index (χ0v) is 12.8. The number of hydrogen-bond donors (Lipinski definition) is 4. The Morgan fingerprint density at radius 2 is 1.83 bits per heavy atom. The molecular weight excluding hydrogens is 320 g/mol. The number of nitrogens with one attached hydrogen (secondary N) is 2. The predicted octanol–water partition coefficient (Wildman–Crippen LogP) is 2.42. The summed E-state index contributed by atoms with van der Waals surface area (Å²) in [6, 6.07) is 10.6. The van der Waals surface area contributed by atoms with Crippen LogP contribution in [-0.2, 0) is 4.79 Å². The molecule has 7 heteroatoms. The standard InChI is InChI=1S/C16H15ClN2O4/c1-10(14-7-4-12(20)8-15(14)21)18-19-16(22)9-23-13-5-2-11(17)3-6-13/h2-8,18,20-21H,1,9H2,(H,19,22). The van der Waals surface area contributed by atoms with E-state index in [1.54, 1.807) is 24.3 Å². The monoisotopic (exact) mass is 334 g/mol. The number of amides is 1.